The summed E-state index contributed by atoms with van der Waals surface area (Å²) in [6.07, 6.45) is 2.98. The fourth-order valence-corrected chi connectivity index (χ4v) is 0.310. The summed E-state index contributed by atoms with van der Waals surface area (Å²) in [6.45, 7) is 0. The molecule has 0 saturated carbocycles. The zero-order valence-electron chi connectivity index (χ0n) is 4.00. The van der Waals surface area contributed by atoms with Gasteiger partial charge in [-0.25, -0.2) is 9.78 Å². The molecule has 1 rings (SSSR count). The summed E-state index contributed by atoms with van der Waals surface area (Å²) in [7, 11) is 0. The van der Waals surface area contributed by atoms with Crippen LogP contribution in [0, 0.1) is 0 Å². The molecule has 0 aliphatic heterocycles. The van der Waals surface area contributed by atoms with Crippen LogP contribution in [0.1, 0.15) is 0 Å². The van der Waals surface area contributed by atoms with Crippen LogP contribution in [-0.4, -0.2) is 9.97 Å². The predicted octanol–water partition coefficient (Wildman–Crippen LogP) is 0.348. The molecule has 1 N–H and O–H groups in total. The van der Waals surface area contributed by atoms with Gasteiger partial charge in [0.05, 0.1) is 0 Å². The highest BCUT2D eigenvalue weighted by molar-refractivity contribution is 8.93. The average molecular weight is 177 g/mol. The molecule has 0 aromatic carbocycles. The van der Waals surface area contributed by atoms with E-state index >= 15 is 0 Å². The van der Waals surface area contributed by atoms with Crippen molar-refractivity contribution in [2.75, 3.05) is 0 Å². The van der Waals surface area contributed by atoms with Gasteiger partial charge >= 0.3 is 5.69 Å². The minimum absolute atomic E-state index is 0. The summed E-state index contributed by atoms with van der Waals surface area (Å²) in [5, 5.41) is 0. The maximum absolute atomic E-state index is 10.1. The number of nitrogens with zero attached hydrogens (tertiary/aromatic N) is 1. The fourth-order valence-electron chi connectivity index (χ4n) is 0.310. The molecule has 1 aromatic heterocycles. The topological polar surface area (TPSA) is 45.8 Å². The summed E-state index contributed by atoms with van der Waals surface area (Å²) in [4.78, 5) is 15.8. The molecule has 1 heterocycles. The highest BCUT2D eigenvalue weighted by Crippen LogP contribution is 1.60. The van der Waals surface area contributed by atoms with Crippen molar-refractivity contribution in [3.63, 3.8) is 0 Å². The zero-order valence-corrected chi connectivity index (χ0v) is 5.71. The molecule has 4 heteroatoms. The number of halogens is 1. The van der Waals surface area contributed by atoms with Crippen molar-refractivity contribution >= 4 is 17.0 Å². The van der Waals surface area contributed by atoms with Gasteiger partial charge in [0, 0.05) is 12.4 Å². The highest BCUT2D eigenvalue weighted by atomic mass is 79.9. The molecule has 0 saturated heterocycles. The van der Waals surface area contributed by atoms with E-state index in [1.807, 2.05) is 0 Å². The molecule has 0 aliphatic carbocycles. The molecule has 3 nitrogen and oxygen atoms in total. The first-order valence-electron chi connectivity index (χ1n) is 1.89. The lowest BCUT2D eigenvalue weighted by atomic mass is 10.7. The van der Waals surface area contributed by atoms with Crippen molar-refractivity contribution in [3.8, 4) is 0 Å². The van der Waals surface area contributed by atoms with Gasteiger partial charge in [0.15, 0.2) is 0 Å². The van der Waals surface area contributed by atoms with Crippen LogP contribution in [-0.2, 0) is 0 Å². The molecule has 8 heavy (non-hydrogen) atoms. The standard InChI is InChI=1S/C4H4N2O.BrH/c7-4-5-2-1-3-6-4;/h1-3H,(H,5,6,7);1H. The molecule has 0 bridgehead atoms. The number of hydrogen-bond acceptors (Lipinski definition) is 2. The number of H-pyrrole nitrogens is 1. The van der Waals surface area contributed by atoms with Gasteiger partial charge in [0.2, 0.25) is 0 Å². The minimum atomic E-state index is -0.303. The van der Waals surface area contributed by atoms with Crippen LogP contribution >= 0.6 is 17.0 Å². The molecule has 0 amide bonds. The van der Waals surface area contributed by atoms with E-state index in [2.05, 4.69) is 9.97 Å². The third-order valence-electron chi connectivity index (χ3n) is 0.581. The lowest BCUT2D eigenvalue weighted by Crippen LogP contribution is -2.05. The van der Waals surface area contributed by atoms with Crippen molar-refractivity contribution < 1.29 is 0 Å². The van der Waals surface area contributed by atoms with E-state index in [1.54, 1.807) is 6.07 Å². The summed E-state index contributed by atoms with van der Waals surface area (Å²) in [5.74, 6) is 0. The first-order chi connectivity index (χ1) is 3.39. The van der Waals surface area contributed by atoms with Gasteiger partial charge in [-0.2, -0.15) is 0 Å². The maximum atomic E-state index is 10.1. The molecular weight excluding hydrogens is 172 g/mol. The van der Waals surface area contributed by atoms with E-state index in [-0.39, 0.29) is 22.7 Å². The number of rotatable bonds is 0. The first-order valence-corrected chi connectivity index (χ1v) is 1.89. The third-order valence-corrected chi connectivity index (χ3v) is 0.581. The summed E-state index contributed by atoms with van der Waals surface area (Å²) in [5.41, 5.74) is -0.303. The van der Waals surface area contributed by atoms with E-state index in [1.165, 1.54) is 12.4 Å². The Morgan fingerprint density at radius 2 is 2.38 bits per heavy atom. The van der Waals surface area contributed by atoms with Crippen molar-refractivity contribution in [2.45, 2.75) is 0 Å². The second-order valence-corrected chi connectivity index (χ2v) is 1.09. The van der Waals surface area contributed by atoms with Crippen LogP contribution in [0.4, 0.5) is 0 Å². The second-order valence-electron chi connectivity index (χ2n) is 1.09. The largest absolute Gasteiger partial charge is 0.344 e. The Bertz CT molecular complexity index is 180. The smallest absolute Gasteiger partial charge is 0.313 e. The molecule has 0 aliphatic rings. The van der Waals surface area contributed by atoms with Crippen molar-refractivity contribution in [1.29, 1.82) is 0 Å². The SMILES string of the molecule is Br.O=c1nccc[nH]1. The molecule has 0 spiro atoms. The average Bonchev–Trinajstić information content (AvgIpc) is 1.69. The van der Waals surface area contributed by atoms with Gasteiger partial charge in [-0.3, -0.25) is 0 Å². The van der Waals surface area contributed by atoms with Crippen LogP contribution in [0.2, 0.25) is 0 Å². The Morgan fingerprint density at radius 3 is 2.62 bits per heavy atom. The lowest BCUT2D eigenvalue weighted by molar-refractivity contribution is 1.08. The van der Waals surface area contributed by atoms with Crippen LogP contribution in [0.15, 0.2) is 23.3 Å². The molecule has 0 fully saturated rings. The van der Waals surface area contributed by atoms with Crippen LogP contribution in [0.5, 0.6) is 0 Å². The second kappa shape index (κ2) is 3.37. The predicted molar refractivity (Wildman–Crippen MR) is 35.2 cm³/mol. The molecule has 0 atom stereocenters. The van der Waals surface area contributed by atoms with E-state index in [0.29, 0.717) is 0 Å². The molecular formula is C4H5BrN2O. The summed E-state index contributed by atoms with van der Waals surface area (Å²) < 4.78 is 0. The number of aromatic nitrogens is 2. The Morgan fingerprint density at radius 1 is 1.62 bits per heavy atom. The van der Waals surface area contributed by atoms with Crippen LogP contribution < -0.4 is 5.69 Å². The molecule has 0 radical (unpaired) electrons. The lowest BCUT2D eigenvalue weighted by Gasteiger charge is -1.72. The highest BCUT2D eigenvalue weighted by Gasteiger charge is 1.70. The summed E-state index contributed by atoms with van der Waals surface area (Å²) in [6, 6.07) is 1.65. The van der Waals surface area contributed by atoms with Gasteiger partial charge < -0.3 is 4.98 Å². The van der Waals surface area contributed by atoms with E-state index in [0.717, 1.165) is 0 Å². The number of nitrogens with one attached hydrogen (secondary N) is 1. The fraction of sp³-hybridized carbons (Fsp3) is 0. The van der Waals surface area contributed by atoms with Crippen LogP contribution in [0.3, 0.4) is 0 Å². The van der Waals surface area contributed by atoms with Crippen molar-refractivity contribution in [3.05, 3.63) is 28.9 Å². The molecule has 0 unspecified atom stereocenters. The molecule has 44 valence electrons. The molecule has 1 aromatic rings. The first kappa shape index (κ1) is 7.36. The Labute approximate surface area is 56.5 Å². The van der Waals surface area contributed by atoms with Gasteiger partial charge in [0.25, 0.3) is 0 Å². The van der Waals surface area contributed by atoms with E-state index in [4.69, 9.17) is 0 Å². The van der Waals surface area contributed by atoms with Gasteiger partial charge in [-0.1, -0.05) is 0 Å². The Kier molecular flexibility index (Phi) is 3.10. The van der Waals surface area contributed by atoms with Gasteiger partial charge in [-0.15, -0.1) is 17.0 Å². The zero-order chi connectivity index (χ0) is 5.11. The Hall–Kier alpha value is -0.640. The monoisotopic (exact) mass is 176 g/mol. The Balaban J connectivity index is 0.000000490. The van der Waals surface area contributed by atoms with E-state index in [9.17, 15) is 4.79 Å². The normalized spacial score (nSPS) is 7.50. The van der Waals surface area contributed by atoms with E-state index < -0.39 is 0 Å². The van der Waals surface area contributed by atoms with Crippen LogP contribution in [0.25, 0.3) is 0 Å². The maximum Gasteiger partial charge on any atom is 0.344 e. The summed E-state index contributed by atoms with van der Waals surface area (Å²) >= 11 is 0. The van der Waals surface area contributed by atoms with Crippen molar-refractivity contribution in [2.24, 2.45) is 0 Å². The number of aromatic amines is 1. The van der Waals surface area contributed by atoms with Gasteiger partial charge in [-0.05, 0) is 6.07 Å². The quantitative estimate of drug-likeness (QED) is 0.621. The van der Waals surface area contributed by atoms with Crippen molar-refractivity contribution in [1.82, 2.24) is 9.97 Å². The number of hydrogen-bond donors (Lipinski definition) is 1. The van der Waals surface area contributed by atoms with Gasteiger partial charge in [0.1, 0.15) is 0 Å². The third kappa shape index (κ3) is 1.88. The minimum Gasteiger partial charge on any atom is -0.313 e.